The number of carboxylic acids is 1. The Balaban J connectivity index is 3.07. The Morgan fingerprint density at radius 3 is 1.95 bits per heavy atom. The second-order valence-electron chi connectivity index (χ2n) is 15.7. The Morgan fingerprint density at radius 1 is 0.767 bits per heavy atom. The van der Waals surface area contributed by atoms with Crippen LogP contribution in [0.3, 0.4) is 0 Å². The summed E-state index contributed by atoms with van der Waals surface area (Å²) in [5.41, 5.74) is 12.2. The third kappa shape index (κ3) is 19.5. The highest BCUT2D eigenvalue weighted by atomic mass is 32.2. The van der Waals surface area contributed by atoms with Crippen LogP contribution in [0.15, 0.2) is 12.5 Å². The molecule has 0 aliphatic carbocycles. The molecule has 60 heavy (non-hydrogen) atoms. The Kier molecular flexibility index (Phi) is 24.8. The van der Waals surface area contributed by atoms with E-state index >= 15 is 0 Å². The molecule has 0 aromatic carbocycles. The Bertz CT molecular complexity index is 1550. The number of nitrogens with zero attached hydrogens (tertiary/aromatic N) is 1. The van der Waals surface area contributed by atoms with Crippen LogP contribution in [0.1, 0.15) is 92.7 Å². The number of nitrogens with two attached hydrogens (primary N) is 2. The molecule has 8 atom stereocenters. The number of hydrogen-bond acceptors (Lipinski definition) is 12. The van der Waals surface area contributed by atoms with Gasteiger partial charge in [0.1, 0.15) is 36.3 Å². The van der Waals surface area contributed by atoms with Gasteiger partial charge in [0.05, 0.1) is 18.9 Å². The van der Waals surface area contributed by atoms with Crippen LogP contribution < -0.4 is 48.7 Å². The molecule has 0 aliphatic heterocycles. The van der Waals surface area contributed by atoms with Gasteiger partial charge in [-0.25, -0.2) is 9.78 Å². The maximum atomic E-state index is 13.6. The summed E-state index contributed by atoms with van der Waals surface area (Å²) in [7, 11) is 0. The fourth-order valence-corrected chi connectivity index (χ4v) is 6.36. The third-order valence-corrected chi connectivity index (χ3v) is 10.4. The first kappa shape index (κ1) is 53.3. The highest BCUT2D eigenvalue weighted by Gasteiger charge is 2.33. The monoisotopic (exact) mass is 868 g/mol. The molecule has 0 saturated carbocycles. The van der Waals surface area contributed by atoms with Crippen LogP contribution in [0.25, 0.3) is 0 Å². The van der Waals surface area contributed by atoms with Crippen molar-refractivity contribution >= 4 is 59.1 Å². The number of carbonyl (C=O) groups is 8. The summed E-state index contributed by atoms with van der Waals surface area (Å²) in [5.74, 6) is -6.12. The van der Waals surface area contributed by atoms with E-state index in [4.69, 9.17) is 11.5 Å². The minimum absolute atomic E-state index is 0.0364. The number of carbonyl (C=O) groups excluding carboxylic acids is 7. The number of aromatic amines is 1. The van der Waals surface area contributed by atoms with E-state index in [0.717, 1.165) is 0 Å². The topological polar surface area (TPSA) is 322 Å². The number of rotatable bonds is 29. The predicted molar refractivity (Wildman–Crippen MR) is 228 cm³/mol. The third-order valence-electron chi connectivity index (χ3n) is 9.72. The van der Waals surface area contributed by atoms with Crippen LogP contribution in [-0.2, 0) is 44.8 Å². The minimum Gasteiger partial charge on any atom is -0.480 e. The quantitative estimate of drug-likeness (QED) is 0.0433. The second kappa shape index (κ2) is 27.9. The number of carboxylic acid groups (broad SMARTS) is 1. The summed E-state index contributed by atoms with van der Waals surface area (Å²) in [5, 5.41) is 27.7. The van der Waals surface area contributed by atoms with Crippen molar-refractivity contribution in [3.63, 3.8) is 0 Å². The van der Waals surface area contributed by atoms with Crippen LogP contribution >= 0.6 is 11.8 Å². The molecule has 1 aromatic heterocycles. The van der Waals surface area contributed by atoms with Crippen molar-refractivity contribution in [2.75, 3.05) is 25.1 Å². The smallest absolute Gasteiger partial charge is 0.326 e. The average Bonchev–Trinajstić information content (AvgIpc) is 3.71. The summed E-state index contributed by atoms with van der Waals surface area (Å²) in [6, 6.07) is -7.61. The normalized spacial score (nSPS) is 15.3. The van der Waals surface area contributed by atoms with E-state index in [1.54, 1.807) is 27.7 Å². The van der Waals surface area contributed by atoms with Gasteiger partial charge in [-0.05, 0) is 75.3 Å². The van der Waals surface area contributed by atoms with Crippen molar-refractivity contribution < 1.29 is 43.5 Å². The first-order valence-corrected chi connectivity index (χ1v) is 21.9. The van der Waals surface area contributed by atoms with Gasteiger partial charge in [0.2, 0.25) is 41.4 Å². The van der Waals surface area contributed by atoms with E-state index in [2.05, 4.69) is 47.2 Å². The SMILES string of the molecule is CC[C@H](C)[C@H](NC(=O)CNC(=O)[C@H](Cc1cnc[nH]1)NC(=O)[C@H](CCCCN)NC(=O)[C@@H](N)CCSC)C(=O)N[C@@H](C)C(=O)N[C@@H](CC(C)C)C(=O)N[C@H](C(=O)O)C(C)C. The number of H-pyrrole nitrogens is 1. The van der Waals surface area contributed by atoms with Gasteiger partial charge in [0.25, 0.3) is 0 Å². The van der Waals surface area contributed by atoms with Gasteiger partial charge < -0.3 is 58.8 Å². The molecule has 0 aliphatic rings. The van der Waals surface area contributed by atoms with E-state index in [0.29, 0.717) is 43.7 Å². The predicted octanol–water partition coefficient (Wildman–Crippen LogP) is -0.961. The van der Waals surface area contributed by atoms with Gasteiger partial charge in [0.15, 0.2) is 0 Å². The highest BCUT2D eigenvalue weighted by Crippen LogP contribution is 2.11. The molecule has 21 heteroatoms. The summed E-state index contributed by atoms with van der Waals surface area (Å²) < 4.78 is 0. The number of nitrogens with one attached hydrogen (secondary N) is 8. The molecule has 13 N–H and O–H groups in total. The first-order valence-electron chi connectivity index (χ1n) is 20.5. The Morgan fingerprint density at radius 2 is 1.40 bits per heavy atom. The van der Waals surface area contributed by atoms with E-state index in [9.17, 15) is 43.5 Å². The number of amides is 7. The Labute approximate surface area is 357 Å². The molecular formula is C39H69N11O9S. The molecule has 0 bridgehead atoms. The van der Waals surface area contributed by atoms with Crippen molar-refractivity contribution in [3.8, 4) is 0 Å². The lowest BCUT2D eigenvalue weighted by Crippen LogP contribution is -2.59. The molecule has 20 nitrogen and oxygen atoms in total. The van der Waals surface area contributed by atoms with E-state index in [-0.39, 0.29) is 25.2 Å². The van der Waals surface area contributed by atoms with Gasteiger partial charge in [-0.3, -0.25) is 33.6 Å². The zero-order valence-electron chi connectivity index (χ0n) is 36.2. The van der Waals surface area contributed by atoms with E-state index in [1.165, 1.54) is 31.2 Å². The van der Waals surface area contributed by atoms with E-state index < -0.39 is 108 Å². The number of aliphatic carboxylic acids is 1. The molecule has 340 valence electrons. The average molecular weight is 868 g/mol. The fourth-order valence-electron chi connectivity index (χ4n) is 5.87. The lowest BCUT2D eigenvalue weighted by Gasteiger charge is -2.27. The zero-order chi connectivity index (χ0) is 45.5. The molecule has 0 radical (unpaired) electrons. The number of hydrogen-bond donors (Lipinski definition) is 11. The van der Waals surface area contributed by atoms with Gasteiger partial charge in [-0.2, -0.15) is 11.8 Å². The van der Waals surface area contributed by atoms with Crippen molar-refractivity contribution in [2.45, 2.75) is 136 Å². The number of aromatic nitrogens is 2. The summed E-state index contributed by atoms with van der Waals surface area (Å²) >= 11 is 1.53. The molecule has 0 saturated heterocycles. The fraction of sp³-hybridized carbons (Fsp3) is 0.718. The molecule has 0 spiro atoms. The summed E-state index contributed by atoms with van der Waals surface area (Å²) in [6.45, 7) is 11.7. The standard InChI is InChI=1S/C39H69N11O9S/c1-9-23(6)32(38(57)45-24(7)33(52)47-28(16-21(2)3)37(56)50-31(22(4)5)39(58)59)49-30(51)19-43-35(54)29(17-25-18-42-20-44-25)48-36(55)27(12-10-11-14-40)46-34(53)26(41)13-15-60-8/h18,20-24,26-29,31-32H,9-17,19,40-41H2,1-8H3,(H,42,44)(H,43,54)(H,45,57)(H,46,53)(H,47,52)(H,48,55)(H,49,51)(H,50,56)(H,58,59)/t23-,24-,26-,27-,28-,29-,31-,32-/m0/s1. The molecule has 1 aromatic rings. The van der Waals surface area contributed by atoms with Gasteiger partial charge >= 0.3 is 5.97 Å². The Hall–Kier alpha value is -4.76. The van der Waals surface area contributed by atoms with Gasteiger partial charge in [-0.15, -0.1) is 0 Å². The van der Waals surface area contributed by atoms with Crippen molar-refractivity contribution in [2.24, 2.45) is 29.2 Å². The zero-order valence-corrected chi connectivity index (χ0v) is 37.0. The van der Waals surface area contributed by atoms with Crippen LogP contribution in [0.5, 0.6) is 0 Å². The van der Waals surface area contributed by atoms with Gasteiger partial charge in [-0.1, -0.05) is 48.0 Å². The lowest BCUT2D eigenvalue weighted by atomic mass is 9.97. The molecule has 0 fully saturated rings. The summed E-state index contributed by atoms with van der Waals surface area (Å²) in [4.78, 5) is 112. The second-order valence-corrected chi connectivity index (χ2v) is 16.7. The number of imidazole rings is 1. The molecule has 1 heterocycles. The molecule has 7 amide bonds. The lowest BCUT2D eigenvalue weighted by molar-refractivity contribution is -0.143. The largest absolute Gasteiger partial charge is 0.480 e. The van der Waals surface area contributed by atoms with Crippen LogP contribution in [0.4, 0.5) is 0 Å². The van der Waals surface area contributed by atoms with E-state index in [1.807, 2.05) is 20.1 Å². The number of unbranched alkanes of at least 4 members (excludes halogenated alkanes) is 1. The molecule has 0 unspecified atom stereocenters. The van der Waals surface area contributed by atoms with Crippen LogP contribution in [0.2, 0.25) is 0 Å². The van der Waals surface area contributed by atoms with Crippen LogP contribution in [0, 0.1) is 17.8 Å². The molecule has 1 rings (SSSR count). The number of thioether (sulfide) groups is 1. The van der Waals surface area contributed by atoms with Gasteiger partial charge in [0, 0.05) is 18.3 Å². The first-order chi connectivity index (χ1) is 28.2. The van der Waals surface area contributed by atoms with Crippen LogP contribution in [-0.4, -0.2) is 130 Å². The van der Waals surface area contributed by atoms with Crippen molar-refractivity contribution in [1.29, 1.82) is 0 Å². The molecular weight excluding hydrogens is 799 g/mol. The highest BCUT2D eigenvalue weighted by molar-refractivity contribution is 7.98. The van der Waals surface area contributed by atoms with Crippen molar-refractivity contribution in [1.82, 2.24) is 47.2 Å². The maximum absolute atomic E-state index is 13.6. The van der Waals surface area contributed by atoms with Crippen molar-refractivity contribution in [3.05, 3.63) is 18.2 Å². The maximum Gasteiger partial charge on any atom is 0.326 e. The minimum atomic E-state index is -1.21. The summed E-state index contributed by atoms with van der Waals surface area (Å²) in [6.07, 6.45) is 7.14.